The van der Waals surface area contributed by atoms with E-state index in [-0.39, 0.29) is 11.9 Å². The van der Waals surface area contributed by atoms with Crippen molar-refractivity contribution in [1.29, 1.82) is 0 Å². The fraction of sp³-hybridized carbons (Fsp3) is 0.250. The van der Waals surface area contributed by atoms with Gasteiger partial charge in [0.2, 0.25) is 0 Å². The molecule has 0 saturated carbocycles. The second kappa shape index (κ2) is 6.34. The molecule has 0 aliphatic rings. The van der Waals surface area contributed by atoms with Crippen LogP contribution in [0.3, 0.4) is 0 Å². The Morgan fingerprint density at radius 3 is 2.58 bits per heavy atom. The molecule has 0 amide bonds. The Morgan fingerprint density at radius 1 is 1.16 bits per heavy atom. The van der Waals surface area contributed by atoms with Gasteiger partial charge in [0.15, 0.2) is 0 Å². The largest absolute Gasteiger partial charge is 0.489 e. The molecule has 100 valence electrons. The van der Waals surface area contributed by atoms with E-state index in [1.54, 1.807) is 12.1 Å². The van der Waals surface area contributed by atoms with Crippen LogP contribution in [-0.4, -0.2) is 7.05 Å². The van der Waals surface area contributed by atoms with Crippen LogP contribution >= 0.6 is 0 Å². The van der Waals surface area contributed by atoms with E-state index >= 15 is 0 Å². The molecule has 3 heteroatoms. The number of benzene rings is 2. The van der Waals surface area contributed by atoms with Crippen LogP contribution in [-0.2, 0) is 6.61 Å². The zero-order valence-corrected chi connectivity index (χ0v) is 11.2. The van der Waals surface area contributed by atoms with Gasteiger partial charge in [-0.1, -0.05) is 24.3 Å². The summed E-state index contributed by atoms with van der Waals surface area (Å²) in [5.74, 6) is 0.595. The number of hydrogen-bond donors (Lipinski definition) is 1. The molecule has 0 radical (unpaired) electrons. The third kappa shape index (κ3) is 3.80. The monoisotopic (exact) mass is 259 g/mol. The summed E-state index contributed by atoms with van der Waals surface area (Å²) >= 11 is 0. The lowest BCUT2D eigenvalue weighted by Gasteiger charge is -2.12. The van der Waals surface area contributed by atoms with Crippen molar-refractivity contribution in [3.8, 4) is 5.75 Å². The van der Waals surface area contributed by atoms with Crippen molar-refractivity contribution in [2.75, 3.05) is 7.05 Å². The van der Waals surface area contributed by atoms with Gasteiger partial charge in [0, 0.05) is 6.04 Å². The highest BCUT2D eigenvalue weighted by Crippen LogP contribution is 2.19. The van der Waals surface area contributed by atoms with Gasteiger partial charge in [-0.15, -0.1) is 0 Å². The molecule has 1 atom stereocenters. The van der Waals surface area contributed by atoms with Gasteiger partial charge < -0.3 is 10.1 Å². The van der Waals surface area contributed by atoms with Crippen molar-refractivity contribution in [1.82, 2.24) is 5.32 Å². The highest BCUT2D eigenvalue weighted by molar-refractivity contribution is 5.30. The third-order valence-corrected chi connectivity index (χ3v) is 3.11. The van der Waals surface area contributed by atoms with E-state index in [0.29, 0.717) is 6.61 Å². The lowest BCUT2D eigenvalue weighted by Crippen LogP contribution is -2.12. The maximum Gasteiger partial charge on any atom is 0.123 e. The van der Waals surface area contributed by atoms with Gasteiger partial charge in [0.25, 0.3) is 0 Å². The summed E-state index contributed by atoms with van der Waals surface area (Å²) in [7, 11) is 1.93. The molecule has 1 unspecified atom stereocenters. The van der Waals surface area contributed by atoms with E-state index < -0.39 is 0 Å². The van der Waals surface area contributed by atoms with E-state index in [9.17, 15) is 4.39 Å². The number of rotatable bonds is 5. The van der Waals surface area contributed by atoms with Crippen LogP contribution in [0.1, 0.15) is 24.1 Å². The summed E-state index contributed by atoms with van der Waals surface area (Å²) in [6, 6.07) is 14.6. The lowest BCUT2D eigenvalue weighted by molar-refractivity contribution is 0.305. The fourth-order valence-corrected chi connectivity index (χ4v) is 1.79. The van der Waals surface area contributed by atoms with E-state index in [0.717, 1.165) is 11.3 Å². The SMILES string of the molecule is CNC(C)c1cccc(OCc2ccc(F)cc2)c1. The summed E-state index contributed by atoms with van der Waals surface area (Å²) in [6.07, 6.45) is 0. The molecule has 1 N–H and O–H groups in total. The van der Waals surface area contributed by atoms with Crippen LogP contribution < -0.4 is 10.1 Å². The molecule has 19 heavy (non-hydrogen) atoms. The van der Waals surface area contributed by atoms with Crippen molar-refractivity contribution < 1.29 is 9.13 Å². The zero-order valence-electron chi connectivity index (χ0n) is 11.2. The van der Waals surface area contributed by atoms with Crippen LogP contribution in [0.2, 0.25) is 0 Å². The van der Waals surface area contributed by atoms with Crippen molar-refractivity contribution in [2.24, 2.45) is 0 Å². The molecule has 0 bridgehead atoms. The third-order valence-electron chi connectivity index (χ3n) is 3.11. The Morgan fingerprint density at radius 2 is 1.89 bits per heavy atom. The summed E-state index contributed by atoms with van der Waals surface area (Å²) in [4.78, 5) is 0. The highest BCUT2D eigenvalue weighted by Gasteiger charge is 2.04. The van der Waals surface area contributed by atoms with E-state index in [4.69, 9.17) is 4.74 Å². The van der Waals surface area contributed by atoms with Crippen LogP contribution in [0.5, 0.6) is 5.75 Å². The predicted octanol–water partition coefficient (Wildman–Crippen LogP) is 3.69. The maximum atomic E-state index is 12.8. The molecule has 0 fully saturated rings. The van der Waals surface area contributed by atoms with Crippen molar-refractivity contribution in [3.05, 3.63) is 65.5 Å². The molecule has 0 heterocycles. The summed E-state index contributed by atoms with van der Waals surface area (Å²) < 4.78 is 18.5. The van der Waals surface area contributed by atoms with Crippen LogP contribution in [0.4, 0.5) is 4.39 Å². The Bertz CT molecular complexity index is 525. The normalized spacial score (nSPS) is 12.2. The molecule has 0 aromatic heterocycles. The second-order valence-corrected chi connectivity index (χ2v) is 4.50. The van der Waals surface area contributed by atoms with Gasteiger partial charge in [-0.3, -0.25) is 0 Å². The van der Waals surface area contributed by atoms with Gasteiger partial charge in [-0.2, -0.15) is 0 Å². The molecule has 2 aromatic carbocycles. The molecule has 2 rings (SSSR count). The molecule has 0 aliphatic heterocycles. The standard InChI is InChI=1S/C16H18FNO/c1-12(18-2)14-4-3-5-16(10-14)19-11-13-6-8-15(17)9-7-13/h3-10,12,18H,11H2,1-2H3. The first-order chi connectivity index (χ1) is 9.19. The molecule has 2 aromatic rings. The number of ether oxygens (including phenoxy) is 1. The lowest BCUT2D eigenvalue weighted by atomic mass is 10.1. The van der Waals surface area contributed by atoms with Crippen molar-refractivity contribution in [2.45, 2.75) is 19.6 Å². The zero-order chi connectivity index (χ0) is 13.7. The molecule has 2 nitrogen and oxygen atoms in total. The minimum Gasteiger partial charge on any atom is -0.489 e. The fourth-order valence-electron chi connectivity index (χ4n) is 1.79. The Labute approximate surface area is 113 Å². The van der Waals surface area contributed by atoms with Crippen LogP contribution in [0.25, 0.3) is 0 Å². The molecule has 0 spiro atoms. The minimum atomic E-state index is -0.228. The van der Waals surface area contributed by atoms with Gasteiger partial charge in [-0.05, 0) is 49.4 Å². The van der Waals surface area contributed by atoms with E-state index in [1.807, 2.05) is 25.2 Å². The Balaban J connectivity index is 2.01. The highest BCUT2D eigenvalue weighted by atomic mass is 19.1. The summed E-state index contributed by atoms with van der Waals surface area (Å²) in [6.45, 7) is 2.54. The van der Waals surface area contributed by atoms with E-state index in [2.05, 4.69) is 18.3 Å². The molecular weight excluding hydrogens is 241 g/mol. The first-order valence-corrected chi connectivity index (χ1v) is 6.33. The van der Waals surface area contributed by atoms with Crippen molar-refractivity contribution >= 4 is 0 Å². The number of halogens is 1. The van der Waals surface area contributed by atoms with Crippen LogP contribution in [0, 0.1) is 5.82 Å². The first kappa shape index (κ1) is 13.6. The summed E-state index contributed by atoms with van der Waals surface area (Å²) in [5.41, 5.74) is 2.13. The molecule has 0 aliphatic carbocycles. The van der Waals surface area contributed by atoms with Gasteiger partial charge in [0.1, 0.15) is 18.2 Å². The average molecular weight is 259 g/mol. The quantitative estimate of drug-likeness (QED) is 0.884. The second-order valence-electron chi connectivity index (χ2n) is 4.50. The smallest absolute Gasteiger partial charge is 0.123 e. The van der Waals surface area contributed by atoms with Gasteiger partial charge in [-0.25, -0.2) is 4.39 Å². The van der Waals surface area contributed by atoms with Gasteiger partial charge in [0.05, 0.1) is 0 Å². The van der Waals surface area contributed by atoms with Crippen molar-refractivity contribution in [3.63, 3.8) is 0 Å². The minimum absolute atomic E-state index is 0.228. The topological polar surface area (TPSA) is 21.3 Å². The van der Waals surface area contributed by atoms with Gasteiger partial charge >= 0.3 is 0 Å². The number of hydrogen-bond acceptors (Lipinski definition) is 2. The Kier molecular flexibility index (Phi) is 4.53. The average Bonchev–Trinajstić information content (AvgIpc) is 2.46. The van der Waals surface area contributed by atoms with Crippen LogP contribution in [0.15, 0.2) is 48.5 Å². The predicted molar refractivity (Wildman–Crippen MR) is 74.6 cm³/mol. The molecular formula is C16H18FNO. The maximum absolute atomic E-state index is 12.8. The van der Waals surface area contributed by atoms with E-state index in [1.165, 1.54) is 17.7 Å². The Hall–Kier alpha value is -1.87. The molecule has 0 saturated heterocycles. The summed E-state index contributed by atoms with van der Waals surface area (Å²) in [5, 5.41) is 3.19. The number of nitrogens with one attached hydrogen (secondary N) is 1. The first-order valence-electron chi connectivity index (χ1n) is 6.33.